The molecule has 78 valence electrons. The van der Waals surface area contributed by atoms with E-state index in [1.165, 1.54) is 0 Å². The average Bonchev–Trinajstić information content (AvgIpc) is 2.29. The quantitative estimate of drug-likeness (QED) is 0.665. The lowest BCUT2D eigenvalue weighted by Crippen LogP contribution is -2.53. The number of carbonyl (C=O) groups is 2. The third-order valence-electron chi connectivity index (χ3n) is 2.54. The van der Waals surface area contributed by atoms with Crippen molar-refractivity contribution < 1.29 is 14.7 Å². The van der Waals surface area contributed by atoms with E-state index in [1.54, 1.807) is 6.08 Å². The first-order chi connectivity index (χ1) is 6.60. The molecule has 1 amide bonds. The Morgan fingerprint density at radius 3 is 2.93 bits per heavy atom. The molecule has 0 aromatic rings. The first-order valence-electron chi connectivity index (χ1n) is 4.76. The molecule has 0 aliphatic carbocycles. The number of hydrogen-bond acceptors (Lipinski definition) is 2. The number of aliphatic carboxylic acids is 1. The Kier molecular flexibility index (Phi) is 3.28. The second-order valence-electron chi connectivity index (χ2n) is 3.64. The van der Waals surface area contributed by atoms with E-state index in [2.05, 4.69) is 11.9 Å². The highest BCUT2D eigenvalue weighted by atomic mass is 16.4. The van der Waals surface area contributed by atoms with E-state index in [1.807, 2.05) is 0 Å². The summed E-state index contributed by atoms with van der Waals surface area (Å²) in [5.41, 5.74) is -1.12. The van der Waals surface area contributed by atoms with Gasteiger partial charge in [0.15, 0.2) is 0 Å². The zero-order valence-electron chi connectivity index (χ0n) is 8.08. The molecule has 0 saturated carbocycles. The fourth-order valence-electron chi connectivity index (χ4n) is 1.75. The Morgan fingerprint density at radius 1 is 1.64 bits per heavy atom. The lowest BCUT2D eigenvalue weighted by atomic mass is 9.90. The molecule has 1 aliphatic rings. The van der Waals surface area contributed by atoms with Gasteiger partial charge in [-0.2, -0.15) is 0 Å². The van der Waals surface area contributed by atoms with Gasteiger partial charge in [0.2, 0.25) is 5.91 Å². The molecule has 1 unspecified atom stereocenters. The van der Waals surface area contributed by atoms with Gasteiger partial charge in [-0.25, -0.2) is 4.79 Å². The maximum absolute atomic E-state index is 11.3. The average molecular weight is 197 g/mol. The minimum Gasteiger partial charge on any atom is -0.479 e. The molecule has 1 atom stereocenters. The molecule has 4 heteroatoms. The topological polar surface area (TPSA) is 66.4 Å². The summed E-state index contributed by atoms with van der Waals surface area (Å²) < 4.78 is 0. The highest BCUT2D eigenvalue weighted by Crippen LogP contribution is 2.23. The molecule has 0 aromatic carbocycles. The van der Waals surface area contributed by atoms with Crippen LogP contribution in [-0.4, -0.2) is 22.5 Å². The SMILES string of the molecule is C=CCC1(C(=O)O)CCCCC(=O)N1. The summed E-state index contributed by atoms with van der Waals surface area (Å²) in [6, 6.07) is 0. The van der Waals surface area contributed by atoms with Crippen molar-refractivity contribution in [2.75, 3.05) is 0 Å². The highest BCUT2D eigenvalue weighted by molar-refractivity contribution is 5.87. The van der Waals surface area contributed by atoms with Crippen LogP contribution in [0.5, 0.6) is 0 Å². The van der Waals surface area contributed by atoms with Crippen molar-refractivity contribution in [1.82, 2.24) is 5.32 Å². The lowest BCUT2D eigenvalue weighted by Gasteiger charge is -2.27. The van der Waals surface area contributed by atoms with Gasteiger partial charge in [-0.1, -0.05) is 6.08 Å². The molecule has 4 nitrogen and oxygen atoms in total. The Balaban J connectivity index is 2.87. The summed E-state index contributed by atoms with van der Waals surface area (Å²) in [6.07, 6.45) is 4.26. The first-order valence-corrected chi connectivity index (χ1v) is 4.76. The van der Waals surface area contributed by atoms with Crippen molar-refractivity contribution in [2.45, 2.75) is 37.6 Å². The van der Waals surface area contributed by atoms with E-state index in [4.69, 9.17) is 5.11 Å². The molecule has 14 heavy (non-hydrogen) atoms. The van der Waals surface area contributed by atoms with Crippen molar-refractivity contribution in [2.24, 2.45) is 0 Å². The van der Waals surface area contributed by atoms with E-state index in [0.717, 1.165) is 12.8 Å². The van der Waals surface area contributed by atoms with Crippen LogP contribution in [0.25, 0.3) is 0 Å². The summed E-state index contributed by atoms with van der Waals surface area (Å²) in [7, 11) is 0. The third-order valence-corrected chi connectivity index (χ3v) is 2.54. The van der Waals surface area contributed by atoms with Crippen LogP contribution in [0.3, 0.4) is 0 Å². The smallest absolute Gasteiger partial charge is 0.329 e. The van der Waals surface area contributed by atoms with Crippen LogP contribution in [-0.2, 0) is 9.59 Å². The normalized spacial score (nSPS) is 27.6. The fraction of sp³-hybridized carbons (Fsp3) is 0.600. The zero-order valence-corrected chi connectivity index (χ0v) is 8.08. The highest BCUT2D eigenvalue weighted by Gasteiger charge is 2.39. The summed E-state index contributed by atoms with van der Waals surface area (Å²) in [4.78, 5) is 22.4. The van der Waals surface area contributed by atoms with E-state index in [9.17, 15) is 9.59 Å². The van der Waals surface area contributed by atoms with Gasteiger partial charge in [-0.3, -0.25) is 4.79 Å². The van der Waals surface area contributed by atoms with Crippen LogP contribution in [0.4, 0.5) is 0 Å². The summed E-state index contributed by atoms with van der Waals surface area (Å²) in [6.45, 7) is 3.52. The number of amides is 1. The lowest BCUT2D eigenvalue weighted by molar-refractivity contribution is -0.147. The molecule has 1 saturated heterocycles. The maximum Gasteiger partial charge on any atom is 0.329 e. The van der Waals surface area contributed by atoms with Crippen LogP contribution in [0.1, 0.15) is 32.1 Å². The Bertz CT molecular complexity index is 262. The van der Waals surface area contributed by atoms with Crippen molar-refractivity contribution in [1.29, 1.82) is 0 Å². The van der Waals surface area contributed by atoms with Gasteiger partial charge in [0, 0.05) is 6.42 Å². The molecule has 0 radical (unpaired) electrons. The van der Waals surface area contributed by atoms with Crippen LogP contribution >= 0.6 is 0 Å². The van der Waals surface area contributed by atoms with Crippen molar-refractivity contribution in [3.8, 4) is 0 Å². The van der Waals surface area contributed by atoms with Gasteiger partial charge in [0.25, 0.3) is 0 Å². The predicted octanol–water partition coefficient (Wildman–Crippen LogP) is 1.08. The third kappa shape index (κ3) is 2.13. The Morgan fingerprint density at radius 2 is 2.36 bits per heavy atom. The zero-order chi connectivity index (χ0) is 10.6. The van der Waals surface area contributed by atoms with Gasteiger partial charge >= 0.3 is 5.97 Å². The maximum atomic E-state index is 11.3. The minimum atomic E-state index is -1.12. The van der Waals surface area contributed by atoms with Gasteiger partial charge in [-0.15, -0.1) is 6.58 Å². The van der Waals surface area contributed by atoms with E-state index >= 15 is 0 Å². The van der Waals surface area contributed by atoms with Crippen LogP contribution in [0, 0.1) is 0 Å². The molecule has 0 bridgehead atoms. The van der Waals surface area contributed by atoms with Crippen molar-refractivity contribution >= 4 is 11.9 Å². The second-order valence-corrected chi connectivity index (χ2v) is 3.64. The number of rotatable bonds is 3. The summed E-state index contributed by atoms with van der Waals surface area (Å²) >= 11 is 0. The van der Waals surface area contributed by atoms with Crippen LogP contribution < -0.4 is 5.32 Å². The van der Waals surface area contributed by atoms with Crippen molar-refractivity contribution in [3.05, 3.63) is 12.7 Å². The van der Waals surface area contributed by atoms with Gasteiger partial charge in [0.1, 0.15) is 5.54 Å². The van der Waals surface area contributed by atoms with Crippen molar-refractivity contribution in [3.63, 3.8) is 0 Å². The van der Waals surface area contributed by atoms with E-state index in [0.29, 0.717) is 12.8 Å². The Hall–Kier alpha value is -1.32. The fourth-order valence-corrected chi connectivity index (χ4v) is 1.75. The largest absolute Gasteiger partial charge is 0.479 e. The van der Waals surface area contributed by atoms with Gasteiger partial charge in [-0.05, 0) is 25.7 Å². The molecule has 0 spiro atoms. The Labute approximate surface area is 83.0 Å². The molecule has 0 aromatic heterocycles. The monoisotopic (exact) mass is 197 g/mol. The summed E-state index contributed by atoms with van der Waals surface area (Å²) in [5, 5.41) is 11.7. The van der Waals surface area contributed by atoms with Crippen LogP contribution in [0.2, 0.25) is 0 Å². The molecule has 1 aliphatic heterocycles. The van der Waals surface area contributed by atoms with Crippen LogP contribution in [0.15, 0.2) is 12.7 Å². The number of hydrogen-bond donors (Lipinski definition) is 2. The molecule has 1 fully saturated rings. The van der Waals surface area contributed by atoms with E-state index < -0.39 is 11.5 Å². The van der Waals surface area contributed by atoms with E-state index in [-0.39, 0.29) is 12.3 Å². The van der Waals surface area contributed by atoms with Gasteiger partial charge < -0.3 is 10.4 Å². The number of carbonyl (C=O) groups excluding carboxylic acids is 1. The summed E-state index contributed by atoms with van der Waals surface area (Å²) in [5.74, 6) is -1.14. The molecular weight excluding hydrogens is 182 g/mol. The van der Waals surface area contributed by atoms with Gasteiger partial charge in [0.05, 0.1) is 0 Å². The number of carboxylic acid groups (broad SMARTS) is 1. The molecule has 1 rings (SSSR count). The molecule has 2 N–H and O–H groups in total. The second kappa shape index (κ2) is 4.26. The molecule has 1 heterocycles. The predicted molar refractivity (Wildman–Crippen MR) is 51.8 cm³/mol. The minimum absolute atomic E-state index is 0.174. The first kappa shape index (κ1) is 10.8. The number of carboxylic acids is 1. The number of nitrogens with one attached hydrogen (secondary N) is 1. The standard InChI is InChI=1S/C10H15NO3/c1-2-6-10(9(13)14)7-4-3-5-8(12)11-10/h2H,1,3-7H2,(H,11,12)(H,13,14). The molecular formula is C10H15NO3.